The van der Waals surface area contributed by atoms with Crippen molar-refractivity contribution < 1.29 is 28.9 Å². The summed E-state index contributed by atoms with van der Waals surface area (Å²) in [5.41, 5.74) is 0. The Morgan fingerprint density at radius 3 is 1.72 bits per heavy atom. The first kappa shape index (κ1) is 43.1. The van der Waals surface area contributed by atoms with Crippen molar-refractivity contribution in [1.82, 2.24) is 0 Å². The van der Waals surface area contributed by atoms with Crippen molar-refractivity contribution in [3.63, 3.8) is 0 Å². The molecule has 1 rings (SSSR count). The molecule has 1 fully saturated rings. The summed E-state index contributed by atoms with van der Waals surface area (Å²) in [5, 5.41) is 10.0. The molecule has 47 heavy (non-hydrogen) atoms. The van der Waals surface area contributed by atoms with Crippen molar-refractivity contribution in [3.8, 4) is 0 Å². The molecule has 272 valence electrons. The van der Waals surface area contributed by atoms with Gasteiger partial charge in [-0.05, 0) is 57.3 Å². The van der Waals surface area contributed by atoms with E-state index in [1.807, 2.05) is 0 Å². The average molecular weight is 661 g/mol. The molecule has 0 aromatic heterocycles. The monoisotopic (exact) mass is 661 g/mol. The van der Waals surface area contributed by atoms with Gasteiger partial charge in [-0.3, -0.25) is 9.59 Å². The van der Waals surface area contributed by atoms with Gasteiger partial charge in [-0.25, -0.2) is 0 Å². The van der Waals surface area contributed by atoms with Crippen molar-refractivity contribution in [3.05, 3.63) is 36.5 Å². The SMILES string of the molecule is CCCCC/C=C\C/C=C\C/C=C\CC1OC1CCCC(=O)OC[C@H](O)COC(=O)CCCCCCCCCCCCCCC(C)C. The van der Waals surface area contributed by atoms with E-state index in [1.165, 1.54) is 89.9 Å². The lowest BCUT2D eigenvalue weighted by atomic mass is 10.0. The number of epoxide rings is 1. The van der Waals surface area contributed by atoms with Crippen molar-refractivity contribution in [2.75, 3.05) is 13.2 Å². The topological polar surface area (TPSA) is 85.4 Å². The van der Waals surface area contributed by atoms with Gasteiger partial charge >= 0.3 is 11.9 Å². The van der Waals surface area contributed by atoms with Gasteiger partial charge in [-0.15, -0.1) is 0 Å². The fourth-order valence-electron chi connectivity index (χ4n) is 5.65. The van der Waals surface area contributed by atoms with E-state index in [0.717, 1.165) is 50.9 Å². The number of allylic oxidation sites excluding steroid dienone is 5. The van der Waals surface area contributed by atoms with Crippen LogP contribution in [-0.4, -0.2) is 48.6 Å². The molecule has 0 bridgehead atoms. The van der Waals surface area contributed by atoms with Crippen molar-refractivity contribution in [1.29, 1.82) is 0 Å². The van der Waals surface area contributed by atoms with E-state index in [0.29, 0.717) is 19.3 Å². The first-order valence-electron chi connectivity index (χ1n) is 19.5. The number of carbonyl (C=O) groups is 2. The Hall–Kier alpha value is -1.92. The van der Waals surface area contributed by atoms with E-state index in [-0.39, 0.29) is 37.4 Å². The van der Waals surface area contributed by atoms with Crippen LogP contribution in [0.5, 0.6) is 0 Å². The normalized spacial score (nSPS) is 17.0. The minimum Gasteiger partial charge on any atom is -0.463 e. The fourth-order valence-corrected chi connectivity index (χ4v) is 5.65. The lowest BCUT2D eigenvalue weighted by Gasteiger charge is -2.12. The predicted octanol–water partition coefficient (Wildman–Crippen LogP) is 10.9. The molecular formula is C41H72O6. The predicted molar refractivity (Wildman–Crippen MR) is 195 cm³/mol. The number of rotatable bonds is 33. The number of esters is 2. The molecule has 1 heterocycles. The Kier molecular flexibility index (Phi) is 28.8. The van der Waals surface area contributed by atoms with Gasteiger partial charge in [0, 0.05) is 12.8 Å². The highest BCUT2D eigenvalue weighted by Gasteiger charge is 2.36. The Bertz CT molecular complexity index is 832. The number of unbranched alkanes of at least 4 members (excludes halogenated alkanes) is 14. The van der Waals surface area contributed by atoms with Crippen LogP contribution in [0.4, 0.5) is 0 Å². The smallest absolute Gasteiger partial charge is 0.305 e. The molecule has 1 N–H and O–H groups in total. The van der Waals surface area contributed by atoms with Gasteiger partial charge in [-0.1, -0.05) is 147 Å². The van der Waals surface area contributed by atoms with Crippen LogP contribution in [0.15, 0.2) is 36.5 Å². The van der Waals surface area contributed by atoms with Crippen LogP contribution < -0.4 is 0 Å². The standard InChI is InChI=1S/C41H72O6/c1-4-5-6-7-8-9-10-14-17-20-23-26-30-38-39(47-38)31-28-33-41(44)46-35-37(42)34-45-40(43)32-27-24-21-18-15-12-11-13-16-19-22-25-29-36(2)3/h8-9,14,17,23,26,36-39,42H,4-7,10-13,15-16,18-22,24-25,27-35H2,1-3H3/b9-8-,17-14-,26-23-/t37-,38?,39?/m1/s1. The highest BCUT2D eigenvalue weighted by molar-refractivity contribution is 5.69. The molecule has 3 atom stereocenters. The van der Waals surface area contributed by atoms with Gasteiger partial charge in [0.05, 0.1) is 12.2 Å². The Morgan fingerprint density at radius 1 is 0.638 bits per heavy atom. The quantitative estimate of drug-likeness (QED) is 0.0326. The summed E-state index contributed by atoms with van der Waals surface area (Å²) in [6, 6.07) is 0. The van der Waals surface area contributed by atoms with Crippen LogP contribution in [0.3, 0.4) is 0 Å². The minimum atomic E-state index is -0.993. The molecule has 6 heteroatoms. The first-order chi connectivity index (χ1) is 22.9. The molecule has 6 nitrogen and oxygen atoms in total. The average Bonchev–Trinajstić information content (AvgIpc) is 3.81. The molecule has 0 spiro atoms. The molecule has 0 aliphatic carbocycles. The Morgan fingerprint density at radius 2 is 1.15 bits per heavy atom. The van der Waals surface area contributed by atoms with E-state index < -0.39 is 6.10 Å². The van der Waals surface area contributed by atoms with Crippen LogP contribution in [0, 0.1) is 5.92 Å². The van der Waals surface area contributed by atoms with Crippen LogP contribution in [-0.2, 0) is 23.8 Å². The van der Waals surface area contributed by atoms with Crippen molar-refractivity contribution >= 4 is 11.9 Å². The molecule has 1 saturated heterocycles. The Labute approximate surface area is 289 Å². The van der Waals surface area contributed by atoms with Gasteiger partial charge in [0.2, 0.25) is 0 Å². The summed E-state index contributed by atoms with van der Waals surface area (Å²) in [5.74, 6) is 0.200. The summed E-state index contributed by atoms with van der Waals surface area (Å²) < 4.78 is 16.0. The maximum atomic E-state index is 12.0. The van der Waals surface area contributed by atoms with Crippen molar-refractivity contribution in [2.24, 2.45) is 5.92 Å². The molecule has 0 aromatic rings. The number of hydrogen-bond donors (Lipinski definition) is 1. The number of hydrogen-bond acceptors (Lipinski definition) is 6. The summed E-state index contributed by atoms with van der Waals surface area (Å²) in [6.45, 7) is 6.55. The van der Waals surface area contributed by atoms with Gasteiger partial charge in [0.1, 0.15) is 19.3 Å². The Balaban J connectivity index is 1.87. The van der Waals surface area contributed by atoms with Crippen LogP contribution in [0.25, 0.3) is 0 Å². The lowest BCUT2D eigenvalue weighted by Crippen LogP contribution is -2.25. The van der Waals surface area contributed by atoms with Crippen LogP contribution in [0.2, 0.25) is 0 Å². The third-order valence-electron chi connectivity index (χ3n) is 8.73. The summed E-state index contributed by atoms with van der Waals surface area (Å²) >= 11 is 0. The van der Waals surface area contributed by atoms with Crippen LogP contribution in [0.1, 0.15) is 175 Å². The maximum Gasteiger partial charge on any atom is 0.305 e. The zero-order valence-electron chi connectivity index (χ0n) is 30.6. The second kappa shape index (κ2) is 31.4. The zero-order valence-corrected chi connectivity index (χ0v) is 30.6. The number of carbonyl (C=O) groups excluding carboxylic acids is 2. The number of aliphatic hydroxyl groups is 1. The molecule has 0 amide bonds. The molecule has 0 aromatic carbocycles. The minimum absolute atomic E-state index is 0.138. The van der Waals surface area contributed by atoms with E-state index in [9.17, 15) is 14.7 Å². The van der Waals surface area contributed by atoms with Gasteiger partial charge < -0.3 is 19.3 Å². The second-order valence-electron chi connectivity index (χ2n) is 13.9. The van der Waals surface area contributed by atoms with Gasteiger partial charge in [0.15, 0.2) is 0 Å². The largest absolute Gasteiger partial charge is 0.463 e. The fraction of sp³-hybridized carbons (Fsp3) is 0.805. The van der Waals surface area contributed by atoms with Gasteiger partial charge in [-0.2, -0.15) is 0 Å². The molecule has 0 saturated carbocycles. The van der Waals surface area contributed by atoms with Crippen molar-refractivity contribution in [2.45, 2.75) is 193 Å². The number of ether oxygens (including phenoxy) is 3. The van der Waals surface area contributed by atoms with E-state index in [2.05, 4.69) is 57.2 Å². The summed E-state index contributed by atoms with van der Waals surface area (Å²) in [4.78, 5) is 24.0. The number of aliphatic hydroxyl groups excluding tert-OH is 1. The molecule has 1 aliphatic heterocycles. The molecular weight excluding hydrogens is 588 g/mol. The second-order valence-corrected chi connectivity index (χ2v) is 13.9. The summed E-state index contributed by atoms with van der Waals surface area (Å²) in [7, 11) is 0. The lowest BCUT2D eigenvalue weighted by molar-refractivity contribution is -0.152. The van der Waals surface area contributed by atoms with E-state index in [1.54, 1.807) is 0 Å². The van der Waals surface area contributed by atoms with E-state index >= 15 is 0 Å². The third-order valence-corrected chi connectivity index (χ3v) is 8.73. The summed E-state index contributed by atoms with van der Waals surface area (Å²) in [6.07, 6.45) is 39.3. The molecule has 0 radical (unpaired) electrons. The first-order valence-corrected chi connectivity index (χ1v) is 19.5. The van der Waals surface area contributed by atoms with Crippen LogP contribution >= 0.6 is 0 Å². The molecule has 1 aliphatic rings. The van der Waals surface area contributed by atoms with E-state index in [4.69, 9.17) is 14.2 Å². The third kappa shape index (κ3) is 29.9. The molecule has 2 unspecified atom stereocenters. The zero-order chi connectivity index (χ0) is 34.2. The highest BCUT2D eigenvalue weighted by Crippen LogP contribution is 2.30. The highest BCUT2D eigenvalue weighted by atomic mass is 16.6. The maximum absolute atomic E-state index is 12.0. The van der Waals surface area contributed by atoms with Gasteiger partial charge in [0.25, 0.3) is 0 Å².